The summed E-state index contributed by atoms with van der Waals surface area (Å²) in [6, 6.07) is 10.2. The van der Waals surface area contributed by atoms with Crippen LogP contribution in [0.1, 0.15) is 37.5 Å². The first-order valence-corrected chi connectivity index (χ1v) is 11.0. The first-order valence-electron chi connectivity index (χ1n) is 10.3. The Labute approximate surface area is 194 Å². The molecule has 2 amide bonds. The van der Waals surface area contributed by atoms with Crippen LogP contribution in [-0.4, -0.2) is 35.9 Å². The Kier molecular flexibility index (Phi) is 9.20. The van der Waals surface area contributed by atoms with Gasteiger partial charge in [0.25, 0.3) is 5.91 Å². The fourth-order valence-electron chi connectivity index (χ4n) is 3.11. The lowest BCUT2D eigenvalue weighted by Gasteiger charge is -2.29. The van der Waals surface area contributed by atoms with E-state index in [1.54, 1.807) is 25.1 Å². The van der Waals surface area contributed by atoms with Gasteiger partial charge in [-0.05, 0) is 67.6 Å². The number of benzene rings is 2. The van der Waals surface area contributed by atoms with Crippen LogP contribution in [0.2, 0.25) is 10.0 Å². The second-order valence-electron chi connectivity index (χ2n) is 8.18. The first kappa shape index (κ1) is 25.0. The monoisotopic (exact) mass is 464 g/mol. The van der Waals surface area contributed by atoms with Crippen LogP contribution in [0.15, 0.2) is 36.4 Å². The lowest BCUT2D eigenvalue weighted by atomic mass is 10.1. The van der Waals surface area contributed by atoms with Crippen molar-refractivity contribution in [3.8, 4) is 5.75 Å². The minimum Gasteiger partial charge on any atom is -0.484 e. The molecule has 0 aliphatic rings. The standard InChI is InChI=1S/C24H30Cl2N2O3/c1-15(2)12-27-24(30)18(5)28(13-19-6-7-20(25)11-22(19)26)23(29)14-31-21-9-16(3)8-17(4)10-21/h6-11,15,18H,12-14H2,1-5H3,(H,27,30). The molecule has 0 bridgehead atoms. The number of nitrogens with zero attached hydrogens (tertiary/aromatic N) is 1. The summed E-state index contributed by atoms with van der Waals surface area (Å²) in [7, 11) is 0. The number of nitrogens with one attached hydrogen (secondary N) is 1. The Balaban J connectivity index is 2.20. The molecular formula is C24H30Cl2N2O3. The van der Waals surface area contributed by atoms with Gasteiger partial charge < -0.3 is 15.0 Å². The predicted octanol–water partition coefficient (Wildman–Crippen LogP) is 5.18. The van der Waals surface area contributed by atoms with Crippen LogP contribution >= 0.6 is 23.2 Å². The van der Waals surface area contributed by atoms with Gasteiger partial charge in [-0.2, -0.15) is 0 Å². The van der Waals surface area contributed by atoms with Crippen LogP contribution in [0.3, 0.4) is 0 Å². The molecule has 0 heterocycles. The zero-order valence-corrected chi connectivity index (χ0v) is 20.2. The molecule has 7 heteroatoms. The van der Waals surface area contributed by atoms with Crippen molar-refractivity contribution in [2.45, 2.75) is 47.2 Å². The normalized spacial score (nSPS) is 11.9. The van der Waals surface area contributed by atoms with Gasteiger partial charge >= 0.3 is 0 Å². The Morgan fingerprint density at radius 1 is 1.03 bits per heavy atom. The predicted molar refractivity (Wildman–Crippen MR) is 126 cm³/mol. The molecule has 1 N–H and O–H groups in total. The highest BCUT2D eigenvalue weighted by atomic mass is 35.5. The van der Waals surface area contributed by atoms with Crippen LogP contribution < -0.4 is 10.1 Å². The van der Waals surface area contributed by atoms with Crippen molar-refractivity contribution in [2.75, 3.05) is 13.2 Å². The molecule has 0 aliphatic carbocycles. The minimum atomic E-state index is -0.694. The van der Waals surface area contributed by atoms with E-state index < -0.39 is 6.04 Å². The van der Waals surface area contributed by atoms with E-state index in [-0.39, 0.29) is 25.0 Å². The topological polar surface area (TPSA) is 58.6 Å². The highest BCUT2D eigenvalue weighted by Gasteiger charge is 2.27. The van der Waals surface area contributed by atoms with Crippen molar-refractivity contribution in [3.05, 3.63) is 63.1 Å². The van der Waals surface area contributed by atoms with Crippen molar-refractivity contribution in [1.82, 2.24) is 10.2 Å². The molecule has 0 saturated heterocycles. The average Bonchev–Trinajstić information content (AvgIpc) is 2.68. The Bertz CT molecular complexity index is 911. The second-order valence-corrected chi connectivity index (χ2v) is 9.03. The van der Waals surface area contributed by atoms with Crippen molar-refractivity contribution < 1.29 is 14.3 Å². The number of hydrogen-bond acceptors (Lipinski definition) is 3. The fraction of sp³-hybridized carbons (Fsp3) is 0.417. The largest absolute Gasteiger partial charge is 0.484 e. The van der Waals surface area contributed by atoms with E-state index in [1.807, 2.05) is 45.9 Å². The first-order chi connectivity index (χ1) is 14.6. The van der Waals surface area contributed by atoms with E-state index in [0.717, 1.165) is 11.1 Å². The highest BCUT2D eigenvalue weighted by Crippen LogP contribution is 2.23. The molecule has 31 heavy (non-hydrogen) atoms. The van der Waals surface area contributed by atoms with Crippen LogP contribution in [0.4, 0.5) is 0 Å². The number of amides is 2. The maximum Gasteiger partial charge on any atom is 0.261 e. The summed E-state index contributed by atoms with van der Waals surface area (Å²) in [6.07, 6.45) is 0. The number of carbonyl (C=O) groups excluding carboxylic acids is 2. The summed E-state index contributed by atoms with van der Waals surface area (Å²) >= 11 is 12.3. The molecular weight excluding hydrogens is 435 g/mol. The number of halogens is 2. The molecule has 0 aromatic heterocycles. The summed E-state index contributed by atoms with van der Waals surface area (Å²) in [5.74, 6) is 0.391. The molecule has 0 fully saturated rings. The van der Waals surface area contributed by atoms with Crippen molar-refractivity contribution in [1.29, 1.82) is 0 Å². The molecule has 0 saturated carbocycles. The SMILES string of the molecule is Cc1cc(C)cc(OCC(=O)N(Cc2ccc(Cl)cc2Cl)C(C)C(=O)NCC(C)C)c1. The van der Waals surface area contributed by atoms with Crippen molar-refractivity contribution in [2.24, 2.45) is 5.92 Å². The third-order valence-corrected chi connectivity index (χ3v) is 5.35. The number of hydrogen-bond donors (Lipinski definition) is 1. The molecule has 2 rings (SSSR count). The summed E-state index contributed by atoms with van der Waals surface area (Å²) in [5, 5.41) is 3.83. The Hall–Kier alpha value is -2.24. The lowest BCUT2D eigenvalue weighted by Crippen LogP contribution is -2.49. The number of carbonyl (C=O) groups is 2. The molecule has 168 valence electrons. The number of rotatable bonds is 9. The van der Waals surface area contributed by atoms with Gasteiger partial charge in [-0.25, -0.2) is 0 Å². The van der Waals surface area contributed by atoms with Gasteiger partial charge in [-0.15, -0.1) is 0 Å². The fourth-order valence-corrected chi connectivity index (χ4v) is 3.58. The highest BCUT2D eigenvalue weighted by molar-refractivity contribution is 6.35. The number of ether oxygens (including phenoxy) is 1. The van der Waals surface area contributed by atoms with Crippen LogP contribution in [0.25, 0.3) is 0 Å². The van der Waals surface area contributed by atoms with Crippen LogP contribution in [0, 0.1) is 19.8 Å². The lowest BCUT2D eigenvalue weighted by molar-refractivity contribution is -0.142. The summed E-state index contributed by atoms with van der Waals surface area (Å²) < 4.78 is 5.75. The van der Waals surface area contributed by atoms with Gasteiger partial charge in [0.05, 0.1) is 0 Å². The van der Waals surface area contributed by atoms with Gasteiger partial charge in [0, 0.05) is 23.1 Å². The van der Waals surface area contributed by atoms with E-state index in [2.05, 4.69) is 5.32 Å². The van der Waals surface area contributed by atoms with Crippen LogP contribution in [0.5, 0.6) is 5.75 Å². The zero-order chi connectivity index (χ0) is 23.1. The third-order valence-electron chi connectivity index (χ3n) is 4.77. The van der Waals surface area contributed by atoms with Crippen molar-refractivity contribution in [3.63, 3.8) is 0 Å². The van der Waals surface area contributed by atoms with Crippen molar-refractivity contribution >= 4 is 35.0 Å². The van der Waals surface area contributed by atoms with Crippen LogP contribution in [-0.2, 0) is 16.1 Å². The quantitative estimate of drug-likeness (QED) is 0.555. The Morgan fingerprint density at radius 3 is 2.26 bits per heavy atom. The molecule has 0 spiro atoms. The van der Waals surface area contributed by atoms with E-state index in [9.17, 15) is 9.59 Å². The third kappa shape index (κ3) is 7.75. The van der Waals surface area contributed by atoms with E-state index in [4.69, 9.17) is 27.9 Å². The van der Waals surface area contributed by atoms with Gasteiger partial charge in [0.2, 0.25) is 5.91 Å². The second kappa shape index (κ2) is 11.4. The van der Waals surface area contributed by atoms with E-state index in [0.29, 0.717) is 33.8 Å². The maximum absolute atomic E-state index is 13.1. The summed E-state index contributed by atoms with van der Waals surface area (Å²) in [5.41, 5.74) is 2.80. The minimum absolute atomic E-state index is 0.168. The van der Waals surface area contributed by atoms with E-state index >= 15 is 0 Å². The van der Waals surface area contributed by atoms with Gasteiger partial charge in [0.15, 0.2) is 6.61 Å². The smallest absolute Gasteiger partial charge is 0.261 e. The number of aryl methyl sites for hydroxylation is 2. The zero-order valence-electron chi connectivity index (χ0n) is 18.7. The molecule has 0 radical (unpaired) electrons. The summed E-state index contributed by atoms with van der Waals surface area (Å²) in [6.45, 7) is 10.2. The average molecular weight is 465 g/mol. The van der Waals surface area contributed by atoms with Gasteiger partial charge in [0.1, 0.15) is 11.8 Å². The molecule has 1 unspecified atom stereocenters. The van der Waals surface area contributed by atoms with Gasteiger partial charge in [-0.3, -0.25) is 9.59 Å². The molecule has 5 nitrogen and oxygen atoms in total. The molecule has 1 atom stereocenters. The van der Waals surface area contributed by atoms with E-state index in [1.165, 1.54) is 4.90 Å². The molecule has 2 aromatic rings. The molecule has 2 aromatic carbocycles. The molecule has 0 aliphatic heterocycles. The summed E-state index contributed by atoms with van der Waals surface area (Å²) in [4.78, 5) is 27.3. The Morgan fingerprint density at radius 2 is 1.68 bits per heavy atom. The maximum atomic E-state index is 13.1. The van der Waals surface area contributed by atoms with Gasteiger partial charge in [-0.1, -0.05) is 49.2 Å².